The van der Waals surface area contributed by atoms with Gasteiger partial charge in [0.1, 0.15) is 22.6 Å². The van der Waals surface area contributed by atoms with Crippen molar-refractivity contribution in [2.75, 3.05) is 6.26 Å². The van der Waals surface area contributed by atoms with Crippen LogP contribution in [0.15, 0.2) is 62.6 Å². The maximum Gasteiger partial charge on any atom is 0.284 e. The van der Waals surface area contributed by atoms with Crippen LogP contribution >= 0.6 is 0 Å². The molecule has 1 atom stereocenters. The first kappa shape index (κ1) is 14.8. The zero-order chi connectivity index (χ0) is 16.8. The summed E-state index contributed by atoms with van der Waals surface area (Å²) in [6.07, 6.45) is 1.62. The van der Waals surface area contributed by atoms with E-state index in [9.17, 15) is 9.00 Å². The van der Waals surface area contributed by atoms with Gasteiger partial charge in [-0.05, 0) is 43.3 Å². The minimum atomic E-state index is -1.06. The summed E-state index contributed by atoms with van der Waals surface area (Å²) in [7, 11) is -1.06. The fraction of sp³-hybridized carbons (Fsp3) is 0.111. The molecule has 0 saturated carbocycles. The fourth-order valence-corrected chi connectivity index (χ4v) is 3.35. The Morgan fingerprint density at radius 3 is 2.50 bits per heavy atom. The third-order valence-corrected chi connectivity index (χ3v) is 4.95. The average molecular weight is 338 g/mol. The fourth-order valence-electron chi connectivity index (χ4n) is 2.83. The van der Waals surface area contributed by atoms with Gasteiger partial charge in [-0.1, -0.05) is 12.1 Å². The summed E-state index contributed by atoms with van der Waals surface area (Å²) < 4.78 is 18.6. The molecule has 0 radical (unpaired) electrons. The molecule has 2 aromatic rings. The number of fused-ring (bicyclic) bond motifs is 3. The van der Waals surface area contributed by atoms with Gasteiger partial charge in [-0.3, -0.25) is 9.00 Å². The third kappa shape index (κ3) is 2.18. The van der Waals surface area contributed by atoms with Crippen LogP contribution in [0.4, 0.5) is 0 Å². The second-order valence-electron chi connectivity index (χ2n) is 5.54. The lowest BCUT2D eigenvalue weighted by atomic mass is 10.1. The first-order chi connectivity index (χ1) is 11.6. The minimum Gasteiger partial charge on any atom is -0.460 e. The van der Waals surface area contributed by atoms with Crippen molar-refractivity contribution >= 4 is 21.8 Å². The van der Waals surface area contributed by atoms with Gasteiger partial charge in [0, 0.05) is 27.3 Å². The molecule has 0 bridgehead atoms. The molecule has 0 fully saturated rings. The summed E-state index contributed by atoms with van der Waals surface area (Å²) in [5.74, 6) is 0.547. The first-order valence-corrected chi connectivity index (χ1v) is 8.97. The highest BCUT2D eigenvalue weighted by Crippen LogP contribution is 2.30. The van der Waals surface area contributed by atoms with Crippen LogP contribution in [0.1, 0.15) is 5.76 Å². The molecule has 0 N–H and O–H groups in total. The molecular formula is C18H14N2O3S. The predicted molar refractivity (Wildman–Crippen MR) is 93.3 cm³/mol. The van der Waals surface area contributed by atoms with Crippen molar-refractivity contribution < 1.29 is 8.63 Å². The number of hydrogen-bond acceptors (Lipinski definition) is 4. The van der Waals surface area contributed by atoms with Crippen LogP contribution in [0.2, 0.25) is 0 Å². The van der Waals surface area contributed by atoms with E-state index in [-0.39, 0.29) is 5.56 Å². The molecular weight excluding hydrogens is 324 g/mol. The van der Waals surface area contributed by atoms with Crippen LogP contribution in [0, 0.1) is 6.92 Å². The quantitative estimate of drug-likeness (QED) is 0.563. The first-order valence-electron chi connectivity index (χ1n) is 7.41. The molecule has 1 unspecified atom stereocenters. The second-order valence-corrected chi connectivity index (χ2v) is 6.92. The molecule has 0 saturated heterocycles. The summed E-state index contributed by atoms with van der Waals surface area (Å²) in [5, 5.41) is 5.32. The van der Waals surface area contributed by atoms with Crippen LogP contribution in [-0.2, 0) is 10.8 Å². The van der Waals surface area contributed by atoms with Crippen LogP contribution in [0.5, 0.6) is 0 Å². The molecule has 2 heterocycles. The van der Waals surface area contributed by atoms with Gasteiger partial charge in [0.2, 0.25) is 0 Å². The number of para-hydroxylation sites is 1. The highest BCUT2D eigenvalue weighted by molar-refractivity contribution is 7.84. The maximum atomic E-state index is 12.8. The van der Waals surface area contributed by atoms with E-state index in [0.717, 1.165) is 5.39 Å². The van der Waals surface area contributed by atoms with Crippen LogP contribution in [-0.4, -0.2) is 20.2 Å². The summed E-state index contributed by atoms with van der Waals surface area (Å²) in [6, 6.07) is 14.5. The summed E-state index contributed by atoms with van der Waals surface area (Å²) >= 11 is 0. The molecule has 5 nitrogen and oxygen atoms in total. The Kier molecular flexibility index (Phi) is 3.35. The highest BCUT2D eigenvalue weighted by Gasteiger charge is 2.23. The highest BCUT2D eigenvalue weighted by atomic mass is 32.2. The van der Waals surface area contributed by atoms with E-state index in [2.05, 4.69) is 5.10 Å². The van der Waals surface area contributed by atoms with Gasteiger partial charge in [-0.15, -0.1) is 0 Å². The lowest BCUT2D eigenvalue weighted by Crippen LogP contribution is -2.15. The van der Waals surface area contributed by atoms with Gasteiger partial charge in [0.05, 0.1) is 5.69 Å². The maximum absolute atomic E-state index is 12.8. The average Bonchev–Trinajstić information content (AvgIpc) is 2.93. The number of aromatic nitrogens is 2. The Morgan fingerprint density at radius 1 is 1.08 bits per heavy atom. The van der Waals surface area contributed by atoms with E-state index in [1.165, 1.54) is 4.68 Å². The monoisotopic (exact) mass is 338 g/mol. The molecule has 6 heteroatoms. The number of aryl methyl sites for hydroxylation is 1. The zero-order valence-electron chi connectivity index (χ0n) is 13.1. The molecule has 2 aromatic carbocycles. The van der Waals surface area contributed by atoms with E-state index in [1.54, 1.807) is 37.4 Å². The predicted octanol–water partition coefficient (Wildman–Crippen LogP) is 3.13. The van der Waals surface area contributed by atoms with Crippen molar-refractivity contribution in [1.82, 2.24) is 9.78 Å². The molecule has 120 valence electrons. The standard InChI is InChI=1S/C18H14N2O3S/c1-11-16-17(14-5-3-4-6-15(14)23-11)19-20(18(16)21)12-7-9-13(10-8-12)24(2)22/h3-10H,1-2H3. The van der Waals surface area contributed by atoms with Crippen molar-refractivity contribution in [3.63, 3.8) is 0 Å². The van der Waals surface area contributed by atoms with Gasteiger partial charge < -0.3 is 4.42 Å². The van der Waals surface area contributed by atoms with Gasteiger partial charge in [-0.25, -0.2) is 0 Å². The summed E-state index contributed by atoms with van der Waals surface area (Å²) in [5.41, 5.74) is 2.22. The molecule has 0 amide bonds. The van der Waals surface area contributed by atoms with Crippen molar-refractivity contribution in [3.8, 4) is 16.9 Å². The van der Waals surface area contributed by atoms with Gasteiger partial charge in [-0.2, -0.15) is 9.78 Å². The van der Waals surface area contributed by atoms with Gasteiger partial charge >= 0.3 is 0 Å². The smallest absolute Gasteiger partial charge is 0.284 e. The summed E-state index contributed by atoms with van der Waals surface area (Å²) in [4.78, 5) is 13.5. The number of rotatable bonds is 2. The van der Waals surface area contributed by atoms with Crippen molar-refractivity contribution in [2.45, 2.75) is 11.8 Å². The largest absolute Gasteiger partial charge is 0.460 e. The number of nitrogens with zero attached hydrogens (tertiary/aromatic N) is 2. The Balaban J connectivity index is 2.00. The van der Waals surface area contributed by atoms with Crippen LogP contribution in [0.3, 0.4) is 0 Å². The van der Waals surface area contributed by atoms with E-state index in [0.29, 0.717) is 33.2 Å². The molecule has 0 aromatic heterocycles. The Labute approximate surface area is 140 Å². The number of benzene rings is 2. The van der Waals surface area contributed by atoms with Gasteiger partial charge in [0.15, 0.2) is 0 Å². The van der Waals surface area contributed by atoms with Crippen LogP contribution < -0.4 is 5.56 Å². The van der Waals surface area contributed by atoms with Crippen molar-refractivity contribution in [1.29, 1.82) is 0 Å². The molecule has 24 heavy (non-hydrogen) atoms. The van der Waals surface area contributed by atoms with E-state index in [1.807, 2.05) is 24.3 Å². The molecule has 0 spiro atoms. The molecule has 2 aliphatic heterocycles. The minimum absolute atomic E-state index is 0.220. The van der Waals surface area contributed by atoms with E-state index >= 15 is 0 Å². The SMILES string of the molecule is Cc1oc2ccccc2c2nn(-c3ccc(S(C)=O)cc3)c(=O)c1-2. The molecule has 4 rings (SSSR count). The Hall–Kier alpha value is -2.73. The zero-order valence-corrected chi connectivity index (χ0v) is 14.0. The summed E-state index contributed by atoms with van der Waals surface area (Å²) in [6.45, 7) is 1.77. The molecule has 0 aliphatic carbocycles. The van der Waals surface area contributed by atoms with Crippen molar-refractivity contribution in [3.05, 3.63) is 64.6 Å². The third-order valence-electron chi connectivity index (χ3n) is 4.01. The van der Waals surface area contributed by atoms with Crippen molar-refractivity contribution in [2.24, 2.45) is 0 Å². The van der Waals surface area contributed by atoms with Crippen LogP contribution in [0.25, 0.3) is 27.9 Å². The lowest BCUT2D eigenvalue weighted by Gasteiger charge is -2.04. The number of hydrogen-bond donors (Lipinski definition) is 0. The Bertz CT molecular complexity index is 1110. The topological polar surface area (TPSA) is 65.1 Å². The second kappa shape index (κ2) is 5.42. The lowest BCUT2D eigenvalue weighted by molar-refractivity contribution is 0.567. The normalized spacial score (nSPS) is 12.8. The van der Waals surface area contributed by atoms with E-state index in [4.69, 9.17) is 4.42 Å². The molecule has 2 aliphatic rings. The van der Waals surface area contributed by atoms with E-state index < -0.39 is 10.8 Å². The Morgan fingerprint density at radius 2 is 1.79 bits per heavy atom. The van der Waals surface area contributed by atoms with Gasteiger partial charge in [0.25, 0.3) is 5.56 Å².